The molecule has 0 fully saturated rings. The molecule has 21 heavy (non-hydrogen) atoms. The van der Waals surface area contributed by atoms with Crippen LogP contribution in [0.2, 0.25) is 0 Å². The van der Waals surface area contributed by atoms with Gasteiger partial charge in [0, 0.05) is 5.69 Å². The predicted octanol–water partition coefficient (Wildman–Crippen LogP) is 4.03. The zero-order chi connectivity index (χ0) is 15.2. The zero-order valence-electron chi connectivity index (χ0n) is 12.4. The molecule has 2 rings (SSSR count). The Hall–Kier alpha value is -2.14. The zero-order valence-corrected chi connectivity index (χ0v) is 13.2. The van der Waals surface area contributed by atoms with Crippen molar-refractivity contribution >= 4 is 29.2 Å². The van der Waals surface area contributed by atoms with Crippen molar-refractivity contribution in [3.63, 3.8) is 0 Å². The Morgan fingerprint density at radius 1 is 1.19 bits per heavy atom. The molecule has 0 aliphatic heterocycles. The molecule has 2 N–H and O–H groups in total. The molecule has 0 saturated carbocycles. The van der Waals surface area contributed by atoms with E-state index >= 15 is 0 Å². The van der Waals surface area contributed by atoms with Crippen molar-refractivity contribution < 1.29 is 4.42 Å². The molecule has 0 aliphatic rings. The molecule has 1 aromatic carbocycles. The van der Waals surface area contributed by atoms with Crippen LogP contribution in [0.15, 0.2) is 45.9 Å². The molecule has 110 valence electrons. The molecule has 0 amide bonds. The van der Waals surface area contributed by atoms with Crippen LogP contribution in [-0.2, 0) is 0 Å². The molecule has 0 atom stereocenters. The summed E-state index contributed by atoms with van der Waals surface area (Å²) in [6, 6.07) is 11.9. The van der Waals surface area contributed by atoms with Crippen LogP contribution < -0.4 is 10.7 Å². The number of hydrogen-bond acceptors (Lipinski definition) is 3. The first kappa shape index (κ1) is 15.3. The van der Waals surface area contributed by atoms with Gasteiger partial charge in [0.2, 0.25) is 0 Å². The lowest BCUT2D eigenvalue weighted by molar-refractivity contribution is 0.527. The second kappa shape index (κ2) is 7.04. The number of hydrazone groups is 1. The molecular formula is C16H19N3OS. The van der Waals surface area contributed by atoms with Gasteiger partial charge in [0.25, 0.3) is 0 Å². The molecule has 0 saturated heterocycles. The SMILES string of the molecule is Cc1ccc(/C=N\NC(=S)Nc2ccc(C(C)C)cc2)o1. The number of nitrogens with one attached hydrogen (secondary N) is 2. The molecule has 5 heteroatoms. The Morgan fingerprint density at radius 3 is 2.48 bits per heavy atom. The largest absolute Gasteiger partial charge is 0.460 e. The third-order valence-electron chi connectivity index (χ3n) is 2.95. The van der Waals surface area contributed by atoms with Gasteiger partial charge in [-0.15, -0.1) is 0 Å². The van der Waals surface area contributed by atoms with E-state index in [1.54, 1.807) is 6.21 Å². The number of benzene rings is 1. The maximum absolute atomic E-state index is 5.37. The van der Waals surface area contributed by atoms with Crippen LogP contribution in [0.1, 0.15) is 36.8 Å². The maximum atomic E-state index is 5.37. The van der Waals surface area contributed by atoms with Gasteiger partial charge in [-0.3, -0.25) is 5.43 Å². The maximum Gasteiger partial charge on any atom is 0.191 e. The Bertz CT molecular complexity index is 629. The van der Waals surface area contributed by atoms with E-state index in [1.807, 2.05) is 31.2 Å². The summed E-state index contributed by atoms with van der Waals surface area (Å²) < 4.78 is 5.37. The van der Waals surface area contributed by atoms with Crippen LogP contribution in [0.4, 0.5) is 5.69 Å². The lowest BCUT2D eigenvalue weighted by atomic mass is 10.0. The second-order valence-corrected chi connectivity index (χ2v) is 5.46. The van der Waals surface area contributed by atoms with E-state index in [-0.39, 0.29) is 0 Å². The number of hydrogen-bond donors (Lipinski definition) is 2. The van der Waals surface area contributed by atoms with E-state index in [1.165, 1.54) is 5.56 Å². The van der Waals surface area contributed by atoms with E-state index in [4.69, 9.17) is 16.6 Å². The summed E-state index contributed by atoms with van der Waals surface area (Å²) in [5, 5.41) is 7.54. The number of anilines is 1. The highest BCUT2D eigenvalue weighted by Gasteiger charge is 2.00. The molecule has 0 radical (unpaired) electrons. The number of furan rings is 1. The van der Waals surface area contributed by atoms with Crippen LogP contribution in [0.3, 0.4) is 0 Å². The summed E-state index contributed by atoms with van der Waals surface area (Å²) >= 11 is 5.17. The molecule has 0 bridgehead atoms. The quantitative estimate of drug-likeness (QED) is 0.508. The van der Waals surface area contributed by atoms with Crippen LogP contribution in [0.5, 0.6) is 0 Å². The predicted molar refractivity (Wildman–Crippen MR) is 90.9 cm³/mol. The first-order valence-electron chi connectivity index (χ1n) is 6.81. The van der Waals surface area contributed by atoms with Crippen LogP contribution in [-0.4, -0.2) is 11.3 Å². The first-order valence-corrected chi connectivity index (χ1v) is 7.22. The third kappa shape index (κ3) is 4.72. The van der Waals surface area contributed by atoms with Crippen molar-refractivity contribution in [3.05, 3.63) is 53.5 Å². The summed E-state index contributed by atoms with van der Waals surface area (Å²) in [5.74, 6) is 2.05. The van der Waals surface area contributed by atoms with Crippen LogP contribution in [0.25, 0.3) is 0 Å². The highest BCUT2D eigenvalue weighted by atomic mass is 32.1. The minimum absolute atomic E-state index is 0.437. The topological polar surface area (TPSA) is 49.6 Å². The van der Waals surface area contributed by atoms with Crippen molar-refractivity contribution in [2.75, 3.05) is 5.32 Å². The van der Waals surface area contributed by atoms with Gasteiger partial charge < -0.3 is 9.73 Å². The van der Waals surface area contributed by atoms with Gasteiger partial charge in [0.1, 0.15) is 11.5 Å². The fourth-order valence-corrected chi connectivity index (χ4v) is 1.96. The van der Waals surface area contributed by atoms with E-state index in [9.17, 15) is 0 Å². The number of thiocarbonyl (C=S) groups is 1. The molecule has 0 unspecified atom stereocenters. The minimum atomic E-state index is 0.437. The van der Waals surface area contributed by atoms with Gasteiger partial charge in [-0.25, -0.2) is 0 Å². The Balaban J connectivity index is 1.85. The van der Waals surface area contributed by atoms with E-state index in [0.29, 0.717) is 16.8 Å². The molecule has 4 nitrogen and oxygen atoms in total. The molecule has 1 aromatic heterocycles. The number of rotatable bonds is 4. The van der Waals surface area contributed by atoms with Gasteiger partial charge in [-0.05, 0) is 54.9 Å². The monoisotopic (exact) mass is 301 g/mol. The van der Waals surface area contributed by atoms with E-state index in [2.05, 4.69) is 41.8 Å². The standard InChI is InChI=1S/C16H19N3OS/c1-11(2)13-5-7-14(8-6-13)18-16(21)19-17-10-15-9-4-12(3)20-15/h4-11H,1-3H3,(H2,18,19,21)/b17-10-. The van der Waals surface area contributed by atoms with Gasteiger partial charge in [0.15, 0.2) is 5.11 Å². The van der Waals surface area contributed by atoms with Gasteiger partial charge in [-0.2, -0.15) is 5.10 Å². The average Bonchev–Trinajstić information content (AvgIpc) is 2.85. The highest BCUT2D eigenvalue weighted by molar-refractivity contribution is 7.80. The third-order valence-corrected chi connectivity index (χ3v) is 3.15. The smallest absolute Gasteiger partial charge is 0.191 e. The van der Waals surface area contributed by atoms with Crippen molar-refractivity contribution in [1.82, 2.24) is 5.43 Å². The van der Waals surface area contributed by atoms with Gasteiger partial charge >= 0.3 is 0 Å². The van der Waals surface area contributed by atoms with E-state index < -0.39 is 0 Å². The normalized spacial score (nSPS) is 11.0. The van der Waals surface area contributed by atoms with Crippen LogP contribution >= 0.6 is 12.2 Å². The summed E-state index contributed by atoms with van der Waals surface area (Å²) in [7, 11) is 0. The Morgan fingerprint density at radius 2 is 1.90 bits per heavy atom. The summed E-state index contributed by atoms with van der Waals surface area (Å²) in [4.78, 5) is 0. The van der Waals surface area contributed by atoms with Crippen LogP contribution in [0, 0.1) is 6.92 Å². The fraction of sp³-hybridized carbons (Fsp3) is 0.250. The summed E-state index contributed by atoms with van der Waals surface area (Å²) in [6.45, 7) is 6.22. The lowest BCUT2D eigenvalue weighted by Crippen LogP contribution is -2.23. The summed E-state index contributed by atoms with van der Waals surface area (Å²) in [5.41, 5.74) is 4.98. The molecular weight excluding hydrogens is 282 g/mol. The fourth-order valence-electron chi connectivity index (χ4n) is 1.79. The Labute approximate surface area is 130 Å². The number of aryl methyl sites for hydroxylation is 1. The molecule has 2 aromatic rings. The average molecular weight is 301 g/mol. The highest BCUT2D eigenvalue weighted by Crippen LogP contribution is 2.16. The molecule has 0 aliphatic carbocycles. The van der Waals surface area contributed by atoms with Crippen molar-refractivity contribution in [3.8, 4) is 0 Å². The molecule has 0 spiro atoms. The molecule has 1 heterocycles. The first-order chi connectivity index (χ1) is 10.0. The van der Waals surface area contributed by atoms with Crippen molar-refractivity contribution in [1.29, 1.82) is 0 Å². The van der Waals surface area contributed by atoms with Gasteiger partial charge in [0.05, 0.1) is 6.21 Å². The van der Waals surface area contributed by atoms with Crippen molar-refractivity contribution in [2.45, 2.75) is 26.7 Å². The minimum Gasteiger partial charge on any atom is -0.460 e. The Kier molecular flexibility index (Phi) is 5.11. The summed E-state index contributed by atoms with van der Waals surface area (Å²) in [6.07, 6.45) is 1.59. The second-order valence-electron chi connectivity index (χ2n) is 5.05. The van der Waals surface area contributed by atoms with E-state index in [0.717, 1.165) is 11.4 Å². The van der Waals surface area contributed by atoms with Crippen molar-refractivity contribution in [2.24, 2.45) is 5.10 Å². The van der Waals surface area contributed by atoms with Gasteiger partial charge in [-0.1, -0.05) is 26.0 Å². The lowest BCUT2D eigenvalue weighted by Gasteiger charge is -2.09. The number of nitrogens with zero attached hydrogens (tertiary/aromatic N) is 1.